The zero-order chi connectivity index (χ0) is 15.1. The minimum Gasteiger partial charge on any atom is -0.477 e. The van der Waals surface area contributed by atoms with Crippen LogP contribution in [0.4, 0.5) is 10.8 Å². The number of hydrogen-bond donors (Lipinski definition) is 3. The second-order valence-electron chi connectivity index (χ2n) is 4.41. The molecule has 0 unspecified atom stereocenters. The van der Waals surface area contributed by atoms with Gasteiger partial charge in [-0.1, -0.05) is 11.3 Å². The first-order valence-electron chi connectivity index (χ1n) is 5.93. The Balaban J connectivity index is 1.91. The topological polar surface area (TPSA) is 108 Å². The van der Waals surface area contributed by atoms with E-state index in [9.17, 15) is 14.4 Å². The molecule has 0 bridgehead atoms. The summed E-state index contributed by atoms with van der Waals surface area (Å²) < 4.78 is 0. The van der Waals surface area contributed by atoms with Gasteiger partial charge in [-0.25, -0.2) is 9.78 Å². The second kappa shape index (κ2) is 4.67. The summed E-state index contributed by atoms with van der Waals surface area (Å²) >= 11 is 1.01. The molecule has 8 heteroatoms. The number of amides is 2. The standard InChI is InChI=1S/C13H9N3O4S/c1-5-9(12(19)20)21-13(14-5)15-6-2-3-7-8(4-6)11(18)16-10(7)17/h2-4H,1H3,(H,14,15)(H,19,20)(H,16,17,18). The van der Waals surface area contributed by atoms with Crippen LogP contribution in [0.15, 0.2) is 18.2 Å². The number of aromatic carboxylic acids is 1. The number of aryl methyl sites for hydroxylation is 1. The second-order valence-corrected chi connectivity index (χ2v) is 5.41. The summed E-state index contributed by atoms with van der Waals surface area (Å²) in [6.07, 6.45) is 0. The van der Waals surface area contributed by atoms with Crippen molar-refractivity contribution in [3.8, 4) is 0 Å². The average Bonchev–Trinajstić information content (AvgIpc) is 2.91. The SMILES string of the molecule is Cc1nc(Nc2ccc3c(c2)C(=O)NC3=O)sc1C(=O)O. The molecule has 0 radical (unpaired) electrons. The van der Waals surface area contributed by atoms with Crippen molar-refractivity contribution in [1.82, 2.24) is 10.3 Å². The van der Waals surface area contributed by atoms with Crippen molar-refractivity contribution in [2.75, 3.05) is 5.32 Å². The molecule has 3 N–H and O–H groups in total. The number of benzene rings is 1. The lowest BCUT2D eigenvalue weighted by molar-refractivity contribution is 0.0700. The van der Waals surface area contributed by atoms with Gasteiger partial charge in [0.05, 0.1) is 16.8 Å². The number of carboxylic acid groups (broad SMARTS) is 1. The number of rotatable bonds is 3. The molecule has 0 saturated heterocycles. The Bertz CT molecular complexity index is 797. The Labute approximate surface area is 122 Å². The van der Waals surface area contributed by atoms with Gasteiger partial charge in [-0.15, -0.1) is 0 Å². The third-order valence-corrected chi connectivity index (χ3v) is 4.04. The van der Waals surface area contributed by atoms with E-state index in [1.54, 1.807) is 13.0 Å². The van der Waals surface area contributed by atoms with E-state index in [1.165, 1.54) is 12.1 Å². The number of nitrogens with zero attached hydrogens (tertiary/aromatic N) is 1. The van der Waals surface area contributed by atoms with Crippen LogP contribution in [0.25, 0.3) is 0 Å². The summed E-state index contributed by atoms with van der Waals surface area (Å²) in [5.74, 6) is -1.89. The van der Waals surface area contributed by atoms with Crippen LogP contribution in [0.1, 0.15) is 36.1 Å². The Hall–Kier alpha value is -2.74. The molecular formula is C13H9N3O4S. The van der Waals surface area contributed by atoms with E-state index in [4.69, 9.17) is 5.11 Å². The van der Waals surface area contributed by atoms with E-state index in [-0.39, 0.29) is 10.4 Å². The molecule has 0 fully saturated rings. The van der Waals surface area contributed by atoms with Crippen molar-refractivity contribution in [3.05, 3.63) is 39.9 Å². The molecule has 21 heavy (non-hydrogen) atoms. The monoisotopic (exact) mass is 303 g/mol. The molecule has 2 heterocycles. The fourth-order valence-electron chi connectivity index (χ4n) is 2.02. The molecule has 106 valence electrons. The Kier molecular flexibility index (Phi) is 2.95. The molecule has 1 aromatic heterocycles. The van der Waals surface area contributed by atoms with Gasteiger partial charge < -0.3 is 10.4 Å². The zero-order valence-electron chi connectivity index (χ0n) is 10.8. The van der Waals surface area contributed by atoms with E-state index in [1.807, 2.05) is 0 Å². The van der Waals surface area contributed by atoms with Gasteiger partial charge >= 0.3 is 5.97 Å². The van der Waals surface area contributed by atoms with Gasteiger partial charge in [0.25, 0.3) is 11.8 Å². The van der Waals surface area contributed by atoms with Crippen LogP contribution in [0.5, 0.6) is 0 Å². The highest BCUT2D eigenvalue weighted by Crippen LogP contribution is 2.27. The smallest absolute Gasteiger partial charge is 0.347 e. The van der Waals surface area contributed by atoms with E-state index < -0.39 is 17.8 Å². The van der Waals surface area contributed by atoms with Crippen molar-refractivity contribution in [3.63, 3.8) is 0 Å². The summed E-state index contributed by atoms with van der Waals surface area (Å²) in [5, 5.41) is 14.5. The molecule has 0 atom stereocenters. The molecule has 1 aromatic carbocycles. The summed E-state index contributed by atoms with van der Waals surface area (Å²) in [4.78, 5) is 38.3. The largest absolute Gasteiger partial charge is 0.477 e. The number of imide groups is 1. The first-order chi connectivity index (χ1) is 9.95. The summed E-state index contributed by atoms with van der Waals surface area (Å²) in [6.45, 7) is 1.61. The third-order valence-electron chi connectivity index (χ3n) is 2.98. The zero-order valence-corrected chi connectivity index (χ0v) is 11.6. The van der Waals surface area contributed by atoms with Crippen molar-refractivity contribution in [1.29, 1.82) is 0 Å². The molecule has 1 aliphatic rings. The number of fused-ring (bicyclic) bond motifs is 1. The summed E-state index contributed by atoms with van der Waals surface area (Å²) in [7, 11) is 0. The average molecular weight is 303 g/mol. The van der Waals surface area contributed by atoms with Crippen LogP contribution in [0.3, 0.4) is 0 Å². The third kappa shape index (κ3) is 2.25. The van der Waals surface area contributed by atoms with Gasteiger partial charge in [-0.05, 0) is 25.1 Å². The van der Waals surface area contributed by atoms with Crippen LogP contribution in [-0.4, -0.2) is 27.9 Å². The van der Waals surface area contributed by atoms with Crippen molar-refractivity contribution in [2.45, 2.75) is 6.92 Å². The van der Waals surface area contributed by atoms with E-state index in [0.717, 1.165) is 11.3 Å². The lowest BCUT2D eigenvalue weighted by Crippen LogP contribution is -2.19. The van der Waals surface area contributed by atoms with Crippen LogP contribution in [0, 0.1) is 6.92 Å². The van der Waals surface area contributed by atoms with Gasteiger partial charge in [-0.3, -0.25) is 14.9 Å². The van der Waals surface area contributed by atoms with Gasteiger partial charge in [0.15, 0.2) is 5.13 Å². The Morgan fingerprint density at radius 1 is 1.29 bits per heavy atom. The minimum absolute atomic E-state index is 0.159. The van der Waals surface area contributed by atoms with Crippen LogP contribution >= 0.6 is 11.3 Å². The van der Waals surface area contributed by atoms with Crippen LogP contribution < -0.4 is 10.6 Å². The molecule has 3 rings (SSSR count). The van der Waals surface area contributed by atoms with Crippen molar-refractivity contribution >= 4 is 39.9 Å². The highest BCUT2D eigenvalue weighted by Gasteiger charge is 2.26. The van der Waals surface area contributed by atoms with Gasteiger partial charge in [0.1, 0.15) is 4.88 Å². The first kappa shape index (κ1) is 13.3. The quantitative estimate of drug-likeness (QED) is 0.746. The molecule has 7 nitrogen and oxygen atoms in total. The molecule has 2 aromatic rings. The van der Waals surface area contributed by atoms with Gasteiger partial charge in [0.2, 0.25) is 0 Å². The molecular weight excluding hydrogens is 294 g/mol. The molecule has 0 spiro atoms. The maximum absolute atomic E-state index is 11.6. The maximum Gasteiger partial charge on any atom is 0.347 e. The number of thiazole rings is 1. The number of carbonyl (C=O) groups excluding carboxylic acids is 2. The molecule has 2 amide bonds. The van der Waals surface area contributed by atoms with Gasteiger partial charge in [0, 0.05) is 5.69 Å². The first-order valence-corrected chi connectivity index (χ1v) is 6.75. The fourth-order valence-corrected chi connectivity index (χ4v) is 2.84. The van der Waals surface area contributed by atoms with E-state index in [2.05, 4.69) is 15.6 Å². The lowest BCUT2D eigenvalue weighted by atomic mass is 10.1. The predicted octanol–water partition coefficient (Wildman–Crippen LogP) is 1.78. The Morgan fingerprint density at radius 2 is 2.00 bits per heavy atom. The van der Waals surface area contributed by atoms with Gasteiger partial charge in [-0.2, -0.15) is 0 Å². The highest BCUT2D eigenvalue weighted by molar-refractivity contribution is 7.17. The molecule has 0 aliphatic carbocycles. The number of carboxylic acids is 1. The predicted molar refractivity (Wildman–Crippen MR) is 75.3 cm³/mol. The number of carbonyl (C=O) groups is 3. The molecule has 1 aliphatic heterocycles. The van der Waals surface area contributed by atoms with Crippen LogP contribution in [-0.2, 0) is 0 Å². The Morgan fingerprint density at radius 3 is 2.67 bits per heavy atom. The minimum atomic E-state index is -1.03. The number of aromatic nitrogens is 1. The van der Waals surface area contributed by atoms with E-state index in [0.29, 0.717) is 22.1 Å². The van der Waals surface area contributed by atoms with Crippen molar-refractivity contribution in [2.24, 2.45) is 0 Å². The highest BCUT2D eigenvalue weighted by atomic mass is 32.1. The normalized spacial score (nSPS) is 13.0. The molecule has 0 saturated carbocycles. The summed E-state index contributed by atoms with van der Waals surface area (Å²) in [5.41, 5.74) is 1.59. The van der Waals surface area contributed by atoms with E-state index >= 15 is 0 Å². The van der Waals surface area contributed by atoms with Crippen LogP contribution in [0.2, 0.25) is 0 Å². The maximum atomic E-state index is 11.6. The fraction of sp³-hybridized carbons (Fsp3) is 0.0769. The number of nitrogens with one attached hydrogen (secondary N) is 2. The summed E-state index contributed by atoms with van der Waals surface area (Å²) in [6, 6.07) is 4.71. The van der Waals surface area contributed by atoms with Crippen molar-refractivity contribution < 1.29 is 19.5 Å². The lowest BCUT2D eigenvalue weighted by Gasteiger charge is -2.03. The number of anilines is 2. The number of hydrogen-bond acceptors (Lipinski definition) is 6.